The summed E-state index contributed by atoms with van der Waals surface area (Å²) in [5.74, 6) is 0.241. The van der Waals surface area contributed by atoms with Crippen molar-refractivity contribution in [1.82, 2.24) is 10.1 Å². The number of benzene rings is 2. The minimum absolute atomic E-state index is 0.0247. The first kappa shape index (κ1) is 14.6. The molecular weight excluding hydrogens is 309 g/mol. The van der Waals surface area contributed by atoms with Crippen molar-refractivity contribution in [3.8, 4) is 11.4 Å². The molecule has 1 aliphatic heterocycles. The van der Waals surface area contributed by atoms with Crippen LogP contribution in [0.15, 0.2) is 59.1 Å². The number of hydrogen-bond acceptors (Lipinski definition) is 4. The second-order valence-electron chi connectivity index (χ2n) is 5.71. The van der Waals surface area contributed by atoms with E-state index < -0.39 is 0 Å². The molecule has 2 heterocycles. The topological polar surface area (TPSA) is 59.2 Å². The molecule has 5 nitrogen and oxygen atoms in total. The minimum atomic E-state index is -0.356. The first-order valence-corrected chi connectivity index (χ1v) is 7.65. The Balaban J connectivity index is 1.57. The van der Waals surface area contributed by atoms with E-state index in [9.17, 15) is 9.18 Å². The van der Waals surface area contributed by atoms with Crippen molar-refractivity contribution in [2.24, 2.45) is 0 Å². The first-order chi connectivity index (χ1) is 11.7. The lowest BCUT2D eigenvalue weighted by Crippen LogP contribution is -2.24. The highest BCUT2D eigenvalue weighted by atomic mass is 19.1. The molecule has 1 aliphatic rings. The van der Waals surface area contributed by atoms with Crippen LogP contribution in [0.5, 0.6) is 0 Å². The van der Waals surface area contributed by atoms with Crippen molar-refractivity contribution >= 4 is 11.6 Å². The maximum absolute atomic E-state index is 13.3. The lowest BCUT2D eigenvalue weighted by atomic mass is 10.1. The molecule has 0 saturated carbocycles. The van der Waals surface area contributed by atoms with E-state index >= 15 is 0 Å². The quantitative estimate of drug-likeness (QED) is 0.741. The standard InChI is InChI=1S/C18H14FN3O2/c19-14-6-4-5-12(9-14)17-20-18(24-21-17)13-10-16(23)22(11-13)15-7-2-1-3-8-15/h1-9,13H,10-11H2. The summed E-state index contributed by atoms with van der Waals surface area (Å²) < 4.78 is 18.6. The van der Waals surface area contributed by atoms with E-state index in [1.165, 1.54) is 12.1 Å². The van der Waals surface area contributed by atoms with Gasteiger partial charge in [0.1, 0.15) is 5.82 Å². The summed E-state index contributed by atoms with van der Waals surface area (Å²) in [5.41, 5.74) is 1.41. The summed E-state index contributed by atoms with van der Waals surface area (Å²) >= 11 is 0. The van der Waals surface area contributed by atoms with Crippen molar-refractivity contribution < 1.29 is 13.7 Å². The zero-order chi connectivity index (χ0) is 16.5. The van der Waals surface area contributed by atoms with Crippen molar-refractivity contribution in [1.29, 1.82) is 0 Å². The molecule has 1 atom stereocenters. The molecule has 2 aromatic carbocycles. The number of para-hydroxylation sites is 1. The molecule has 4 rings (SSSR count). The molecule has 0 N–H and O–H groups in total. The lowest BCUT2D eigenvalue weighted by molar-refractivity contribution is -0.117. The molecule has 120 valence electrons. The summed E-state index contributed by atoms with van der Waals surface area (Å²) in [4.78, 5) is 18.3. The van der Waals surface area contributed by atoms with Gasteiger partial charge in [-0.25, -0.2) is 4.39 Å². The predicted molar refractivity (Wildman–Crippen MR) is 85.8 cm³/mol. The fourth-order valence-electron chi connectivity index (χ4n) is 2.88. The molecule has 24 heavy (non-hydrogen) atoms. The molecule has 1 aromatic heterocycles. The Labute approximate surface area is 137 Å². The van der Waals surface area contributed by atoms with Gasteiger partial charge in [-0.2, -0.15) is 4.98 Å². The highest BCUT2D eigenvalue weighted by molar-refractivity contribution is 5.96. The number of carbonyl (C=O) groups excluding carboxylic acids is 1. The van der Waals surface area contributed by atoms with Crippen LogP contribution in [0.25, 0.3) is 11.4 Å². The Bertz CT molecular complexity index is 879. The Morgan fingerprint density at radius 2 is 1.96 bits per heavy atom. The molecule has 1 unspecified atom stereocenters. The van der Waals surface area contributed by atoms with Gasteiger partial charge in [0, 0.05) is 24.2 Å². The Kier molecular flexibility index (Phi) is 3.57. The Morgan fingerprint density at radius 3 is 2.75 bits per heavy atom. The van der Waals surface area contributed by atoms with Gasteiger partial charge in [-0.1, -0.05) is 35.5 Å². The number of carbonyl (C=O) groups is 1. The van der Waals surface area contributed by atoms with Crippen LogP contribution in [0.1, 0.15) is 18.2 Å². The number of hydrogen-bond donors (Lipinski definition) is 0. The number of nitrogens with zero attached hydrogens (tertiary/aromatic N) is 3. The number of aromatic nitrogens is 2. The molecule has 6 heteroatoms. The van der Waals surface area contributed by atoms with Gasteiger partial charge in [-0.15, -0.1) is 0 Å². The van der Waals surface area contributed by atoms with Crippen molar-refractivity contribution in [3.63, 3.8) is 0 Å². The molecule has 1 fully saturated rings. The third-order valence-corrected chi connectivity index (χ3v) is 4.07. The van der Waals surface area contributed by atoms with Crippen LogP contribution < -0.4 is 4.90 Å². The highest BCUT2D eigenvalue weighted by Gasteiger charge is 2.35. The molecule has 1 amide bonds. The molecule has 0 bridgehead atoms. The highest BCUT2D eigenvalue weighted by Crippen LogP contribution is 2.31. The minimum Gasteiger partial charge on any atom is -0.339 e. The molecule has 0 radical (unpaired) electrons. The van der Waals surface area contributed by atoms with Crippen LogP contribution in [0, 0.1) is 5.82 Å². The lowest BCUT2D eigenvalue weighted by Gasteiger charge is -2.15. The summed E-state index contributed by atoms with van der Waals surface area (Å²) in [6.07, 6.45) is 0.319. The smallest absolute Gasteiger partial charge is 0.232 e. The summed E-state index contributed by atoms with van der Waals surface area (Å²) in [7, 11) is 0. The van der Waals surface area contributed by atoms with Crippen molar-refractivity contribution in [3.05, 3.63) is 66.3 Å². The van der Waals surface area contributed by atoms with E-state index in [4.69, 9.17) is 4.52 Å². The van der Waals surface area contributed by atoms with Crippen molar-refractivity contribution in [2.45, 2.75) is 12.3 Å². The first-order valence-electron chi connectivity index (χ1n) is 7.65. The second-order valence-corrected chi connectivity index (χ2v) is 5.71. The van der Waals surface area contributed by atoms with Gasteiger partial charge < -0.3 is 9.42 Å². The Hall–Kier alpha value is -3.02. The monoisotopic (exact) mass is 323 g/mol. The van der Waals surface area contributed by atoms with Crippen LogP contribution >= 0.6 is 0 Å². The van der Waals surface area contributed by atoms with E-state index in [0.717, 1.165) is 5.69 Å². The third kappa shape index (κ3) is 2.67. The number of amides is 1. The van der Waals surface area contributed by atoms with Gasteiger partial charge in [-0.3, -0.25) is 4.79 Å². The predicted octanol–water partition coefficient (Wildman–Crippen LogP) is 3.40. The molecule has 0 spiro atoms. The fraction of sp³-hybridized carbons (Fsp3) is 0.167. The third-order valence-electron chi connectivity index (χ3n) is 4.07. The van der Waals surface area contributed by atoms with Gasteiger partial charge in [0.25, 0.3) is 0 Å². The van der Waals surface area contributed by atoms with Crippen LogP contribution in [-0.2, 0) is 4.79 Å². The number of rotatable bonds is 3. The van der Waals surface area contributed by atoms with Crippen LogP contribution in [0.4, 0.5) is 10.1 Å². The summed E-state index contributed by atoms with van der Waals surface area (Å²) in [6, 6.07) is 15.5. The van der Waals surface area contributed by atoms with E-state index in [1.807, 2.05) is 30.3 Å². The second kappa shape index (κ2) is 5.88. The number of halogens is 1. The van der Waals surface area contributed by atoms with E-state index in [1.54, 1.807) is 17.0 Å². The fourth-order valence-corrected chi connectivity index (χ4v) is 2.88. The van der Waals surface area contributed by atoms with Gasteiger partial charge in [0.2, 0.25) is 17.6 Å². The zero-order valence-corrected chi connectivity index (χ0v) is 12.7. The van der Waals surface area contributed by atoms with E-state index in [2.05, 4.69) is 10.1 Å². The van der Waals surface area contributed by atoms with Gasteiger partial charge >= 0.3 is 0 Å². The van der Waals surface area contributed by atoms with Crippen LogP contribution in [0.3, 0.4) is 0 Å². The SMILES string of the molecule is O=C1CC(c2nc(-c3cccc(F)c3)no2)CN1c1ccccc1. The van der Waals surface area contributed by atoms with Gasteiger partial charge in [-0.05, 0) is 24.3 Å². The molecule has 3 aromatic rings. The maximum Gasteiger partial charge on any atom is 0.232 e. The van der Waals surface area contributed by atoms with Crippen LogP contribution in [-0.4, -0.2) is 22.6 Å². The van der Waals surface area contributed by atoms with E-state index in [0.29, 0.717) is 30.2 Å². The van der Waals surface area contributed by atoms with E-state index in [-0.39, 0.29) is 17.6 Å². The van der Waals surface area contributed by atoms with Gasteiger partial charge in [0.15, 0.2) is 0 Å². The van der Waals surface area contributed by atoms with Crippen molar-refractivity contribution in [2.75, 3.05) is 11.4 Å². The molecular formula is C18H14FN3O2. The average Bonchev–Trinajstić information content (AvgIpc) is 3.22. The largest absolute Gasteiger partial charge is 0.339 e. The van der Waals surface area contributed by atoms with Gasteiger partial charge in [0.05, 0.1) is 5.92 Å². The maximum atomic E-state index is 13.3. The summed E-state index contributed by atoms with van der Waals surface area (Å²) in [5, 5.41) is 3.91. The summed E-state index contributed by atoms with van der Waals surface area (Å²) in [6.45, 7) is 0.494. The van der Waals surface area contributed by atoms with Crippen LogP contribution in [0.2, 0.25) is 0 Å². The molecule has 0 aliphatic carbocycles. The zero-order valence-electron chi connectivity index (χ0n) is 12.7. The molecule has 1 saturated heterocycles. The average molecular weight is 323 g/mol. The Morgan fingerprint density at radius 1 is 1.12 bits per heavy atom. The number of anilines is 1. The normalized spacial score (nSPS) is 17.5.